The number of ether oxygens (including phenoxy) is 1. The molecule has 0 aromatic heterocycles. The van der Waals surface area contributed by atoms with E-state index in [1.165, 1.54) is 36.2 Å². The molecule has 3 aromatic rings. The zero-order valence-electron chi connectivity index (χ0n) is 18.8. The van der Waals surface area contributed by atoms with E-state index >= 15 is 0 Å². The first-order chi connectivity index (χ1) is 16.3. The smallest absolute Gasteiger partial charge is 0.261 e. The lowest BCUT2D eigenvalue weighted by Crippen LogP contribution is -2.54. The minimum absolute atomic E-state index is 0.0872. The number of fused-ring (bicyclic) bond motifs is 3. The van der Waals surface area contributed by atoms with Crippen LogP contribution in [0.1, 0.15) is 25.3 Å². The van der Waals surface area contributed by atoms with Crippen LogP contribution in [-0.4, -0.2) is 35.5 Å². The van der Waals surface area contributed by atoms with Crippen LogP contribution in [0.5, 0.6) is 11.5 Å². The summed E-state index contributed by atoms with van der Waals surface area (Å²) in [6, 6.07) is 20.1. The monoisotopic (exact) mass is 459 g/mol. The van der Waals surface area contributed by atoms with Gasteiger partial charge in [0.2, 0.25) is 0 Å². The van der Waals surface area contributed by atoms with Crippen molar-refractivity contribution >= 4 is 23.4 Å². The molecule has 174 valence electrons. The molecule has 0 saturated carbocycles. The minimum atomic E-state index is -0.920. The Morgan fingerprint density at radius 1 is 1.00 bits per heavy atom. The zero-order valence-corrected chi connectivity index (χ0v) is 18.8. The Hall–Kier alpha value is -4.33. The number of anilines is 1. The van der Waals surface area contributed by atoms with E-state index in [9.17, 15) is 19.5 Å². The van der Waals surface area contributed by atoms with Crippen LogP contribution >= 0.6 is 0 Å². The number of phenols is 1. The summed E-state index contributed by atoms with van der Waals surface area (Å²) in [4.78, 5) is 38.5. The highest BCUT2D eigenvalue weighted by Gasteiger charge is 2.33. The van der Waals surface area contributed by atoms with Crippen LogP contribution in [0.25, 0.3) is 11.1 Å². The number of hydrogen-bond acceptors (Lipinski definition) is 5. The largest absolute Gasteiger partial charge is 0.508 e. The van der Waals surface area contributed by atoms with E-state index in [2.05, 4.69) is 10.7 Å². The minimum Gasteiger partial charge on any atom is -0.508 e. The molecule has 0 radical (unpaired) electrons. The maximum Gasteiger partial charge on any atom is 0.261 e. The summed E-state index contributed by atoms with van der Waals surface area (Å²) < 4.78 is 5.36. The predicted molar refractivity (Wildman–Crippen MR) is 127 cm³/mol. The van der Waals surface area contributed by atoms with Gasteiger partial charge < -0.3 is 15.2 Å². The molecule has 2 atom stereocenters. The molecule has 1 aliphatic heterocycles. The summed E-state index contributed by atoms with van der Waals surface area (Å²) in [6.07, 6.45) is 0. The van der Waals surface area contributed by atoms with Crippen LogP contribution in [0.2, 0.25) is 0 Å². The number of nitrogens with zero attached hydrogens (tertiary/aromatic N) is 1. The van der Waals surface area contributed by atoms with Gasteiger partial charge in [-0.15, -0.1) is 0 Å². The fourth-order valence-electron chi connectivity index (χ4n) is 3.82. The van der Waals surface area contributed by atoms with E-state index in [1.54, 1.807) is 19.1 Å². The summed E-state index contributed by atoms with van der Waals surface area (Å²) in [5.41, 5.74) is 5.88. The second-order valence-corrected chi connectivity index (χ2v) is 8.05. The third kappa shape index (κ3) is 4.71. The molecule has 34 heavy (non-hydrogen) atoms. The number of rotatable bonds is 6. The second kappa shape index (κ2) is 9.66. The predicted octanol–water partition coefficient (Wildman–Crippen LogP) is 3.12. The van der Waals surface area contributed by atoms with E-state index in [0.29, 0.717) is 11.4 Å². The van der Waals surface area contributed by atoms with Crippen molar-refractivity contribution in [3.63, 3.8) is 0 Å². The van der Waals surface area contributed by atoms with Gasteiger partial charge in [0, 0.05) is 5.56 Å². The number of phenolic OH excluding ortho intramolecular Hbond substituents is 1. The number of carbonyl (C=O) groups excluding carboxylic acids is 3. The van der Waals surface area contributed by atoms with Gasteiger partial charge in [-0.2, -0.15) is 0 Å². The van der Waals surface area contributed by atoms with Crippen molar-refractivity contribution in [3.05, 3.63) is 78.4 Å². The average molecular weight is 460 g/mol. The maximum atomic E-state index is 13.3. The SMILES string of the molecule is CC1C(=O)N(NC(=O)[C@H](C)NC(=O)COc2ccc(O)cc2)c2ccccc2-c2ccccc21. The van der Waals surface area contributed by atoms with E-state index in [4.69, 9.17) is 4.74 Å². The van der Waals surface area contributed by atoms with Crippen molar-refractivity contribution in [1.29, 1.82) is 0 Å². The van der Waals surface area contributed by atoms with Crippen LogP contribution in [0.15, 0.2) is 72.8 Å². The molecule has 8 nitrogen and oxygen atoms in total. The van der Waals surface area contributed by atoms with Gasteiger partial charge in [-0.1, -0.05) is 42.5 Å². The first kappa shape index (κ1) is 22.8. The summed E-state index contributed by atoms with van der Waals surface area (Å²) in [7, 11) is 0. The molecule has 0 fully saturated rings. The van der Waals surface area contributed by atoms with Crippen LogP contribution in [0.4, 0.5) is 5.69 Å². The van der Waals surface area contributed by atoms with Gasteiger partial charge in [-0.3, -0.25) is 19.8 Å². The molecule has 3 N–H and O–H groups in total. The summed E-state index contributed by atoms with van der Waals surface area (Å²) in [5.74, 6) is -1.31. The lowest BCUT2D eigenvalue weighted by Gasteiger charge is -2.27. The highest BCUT2D eigenvalue weighted by molar-refractivity contribution is 6.06. The lowest BCUT2D eigenvalue weighted by molar-refractivity contribution is -0.131. The number of hydrazine groups is 1. The lowest BCUT2D eigenvalue weighted by atomic mass is 9.92. The topological polar surface area (TPSA) is 108 Å². The van der Waals surface area contributed by atoms with Gasteiger partial charge in [0.15, 0.2) is 6.61 Å². The van der Waals surface area contributed by atoms with Crippen molar-refractivity contribution in [2.24, 2.45) is 0 Å². The van der Waals surface area contributed by atoms with Gasteiger partial charge in [0.25, 0.3) is 17.7 Å². The third-order valence-electron chi connectivity index (χ3n) is 5.65. The summed E-state index contributed by atoms with van der Waals surface area (Å²) in [6.45, 7) is 3.03. The van der Waals surface area contributed by atoms with Crippen LogP contribution in [0.3, 0.4) is 0 Å². The molecule has 4 rings (SSSR count). The normalized spacial score (nSPS) is 15.4. The standard InChI is InChI=1S/C26H25N3O5/c1-16-20-7-3-4-8-21(20)22-9-5-6-10-23(22)29(26(16)33)28-25(32)17(2)27-24(31)15-34-19-13-11-18(30)12-14-19/h3-14,16-17,30H,15H2,1-2H3,(H,27,31)(H,28,32)/t16?,17-/m0/s1. The third-order valence-corrected chi connectivity index (χ3v) is 5.65. The van der Waals surface area contributed by atoms with Crippen LogP contribution < -0.4 is 20.5 Å². The summed E-state index contributed by atoms with van der Waals surface area (Å²) in [5, 5.41) is 13.1. The average Bonchev–Trinajstić information content (AvgIpc) is 2.93. The number of para-hydroxylation sites is 1. The Morgan fingerprint density at radius 2 is 1.65 bits per heavy atom. The molecule has 3 aromatic carbocycles. The second-order valence-electron chi connectivity index (χ2n) is 8.05. The highest BCUT2D eigenvalue weighted by Crippen LogP contribution is 2.39. The highest BCUT2D eigenvalue weighted by atomic mass is 16.5. The fourth-order valence-corrected chi connectivity index (χ4v) is 3.82. The van der Waals surface area contributed by atoms with Gasteiger partial charge in [0.1, 0.15) is 17.5 Å². The van der Waals surface area contributed by atoms with E-state index in [0.717, 1.165) is 16.7 Å². The molecule has 1 aliphatic rings. The first-order valence-corrected chi connectivity index (χ1v) is 10.9. The number of aromatic hydroxyl groups is 1. The number of nitrogens with one attached hydrogen (secondary N) is 2. The van der Waals surface area contributed by atoms with Gasteiger partial charge >= 0.3 is 0 Å². The van der Waals surface area contributed by atoms with Crippen LogP contribution in [0, 0.1) is 0 Å². The number of amides is 3. The zero-order chi connectivity index (χ0) is 24.2. The Kier molecular flexibility index (Phi) is 6.49. The molecule has 8 heteroatoms. The number of hydrogen-bond donors (Lipinski definition) is 3. The molecule has 0 aliphatic carbocycles. The van der Waals surface area contributed by atoms with Crippen molar-refractivity contribution in [3.8, 4) is 22.6 Å². The van der Waals surface area contributed by atoms with Crippen molar-refractivity contribution in [2.75, 3.05) is 11.6 Å². The van der Waals surface area contributed by atoms with Crippen molar-refractivity contribution in [1.82, 2.24) is 10.7 Å². The molecule has 3 amide bonds. The van der Waals surface area contributed by atoms with E-state index in [1.807, 2.05) is 36.4 Å². The molecule has 1 unspecified atom stereocenters. The van der Waals surface area contributed by atoms with Gasteiger partial charge in [-0.25, -0.2) is 5.01 Å². The maximum absolute atomic E-state index is 13.3. The van der Waals surface area contributed by atoms with Gasteiger partial charge in [-0.05, 0) is 55.3 Å². The molecule has 0 bridgehead atoms. The van der Waals surface area contributed by atoms with Crippen LogP contribution in [-0.2, 0) is 14.4 Å². The van der Waals surface area contributed by atoms with Crippen molar-refractivity contribution in [2.45, 2.75) is 25.8 Å². The Bertz CT molecular complexity index is 1230. The molecular formula is C26H25N3O5. The first-order valence-electron chi connectivity index (χ1n) is 10.9. The molecular weight excluding hydrogens is 434 g/mol. The molecule has 0 spiro atoms. The van der Waals surface area contributed by atoms with E-state index in [-0.39, 0.29) is 18.3 Å². The summed E-state index contributed by atoms with van der Waals surface area (Å²) >= 11 is 0. The number of carbonyl (C=O) groups is 3. The van der Waals surface area contributed by atoms with Crippen molar-refractivity contribution < 1.29 is 24.2 Å². The van der Waals surface area contributed by atoms with Gasteiger partial charge in [0.05, 0.1) is 11.6 Å². The Morgan fingerprint density at radius 3 is 2.38 bits per heavy atom. The Labute approximate surface area is 197 Å². The fraction of sp³-hybridized carbons (Fsp3) is 0.192. The Balaban J connectivity index is 1.46. The quantitative estimate of drug-likeness (QED) is 0.525. The number of benzene rings is 3. The van der Waals surface area contributed by atoms with E-state index < -0.39 is 23.8 Å². The molecule has 1 heterocycles. The molecule has 0 saturated heterocycles.